The molecule has 6 heteroatoms. The van der Waals surface area contributed by atoms with Crippen LogP contribution in [0.15, 0.2) is 23.2 Å². The van der Waals surface area contributed by atoms with Gasteiger partial charge in [-0.05, 0) is 49.9 Å². The second-order valence-electron chi connectivity index (χ2n) is 7.09. The van der Waals surface area contributed by atoms with E-state index in [-0.39, 0.29) is 0 Å². The zero-order valence-corrected chi connectivity index (χ0v) is 15.5. The van der Waals surface area contributed by atoms with Gasteiger partial charge >= 0.3 is 0 Å². The summed E-state index contributed by atoms with van der Waals surface area (Å²) < 4.78 is 10.8. The minimum atomic E-state index is 0.308. The standard InChI is InChI=1S/C19H30N4O2/c1-14-5-4-8-23(12-14)15(2)10-21-19(20-3)22-11-16-6-7-17-18(9-16)25-13-24-17/h6-7,9,14-15H,4-5,8,10-13H2,1-3H3,(H2,20,21,22). The number of likely N-dealkylation sites (tertiary alicyclic amines) is 1. The zero-order chi connectivity index (χ0) is 17.6. The molecule has 0 bridgehead atoms. The monoisotopic (exact) mass is 346 g/mol. The summed E-state index contributed by atoms with van der Waals surface area (Å²) in [5.74, 6) is 3.26. The van der Waals surface area contributed by atoms with Crippen LogP contribution in [0.25, 0.3) is 0 Å². The van der Waals surface area contributed by atoms with Gasteiger partial charge in [0.1, 0.15) is 0 Å². The number of aliphatic imine (C=N–C) groups is 1. The normalized spacial score (nSPS) is 21.9. The Kier molecular flexibility index (Phi) is 6.02. The Balaban J connectivity index is 1.45. The fourth-order valence-electron chi connectivity index (χ4n) is 3.46. The molecule has 3 rings (SSSR count). The predicted molar refractivity (Wildman–Crippen MR) is 100 cm³/mol. The van der Waals surface area contributed by atoms with Crippen LogP contribution in [0.5, 0.6) is 11.5 Å². The fraction of sp³-hybridized carbons (Fsp3) is 0.632. The topological polar surface area (TPSA) is 58.1 Å². The van der Waals surface area contributed by atoms with Gasteiger partial charge in [0, 0.05) is 32.7 Å². The minimum absolute atomic E-state index is 0.308. The average molecular weight is 346 g/mol. The lowest BCUT2D eigenvalue weighted by Gasteiger charge is -2.35. The molecule has 0 aromatic heterocycles. The van der Waals surface area contributed by atoms with E-state index in [1.54, 1.807) is 0 Å². The molecule has 1 fully saturated rings. The quantitative estimate of drug-likeness (QED) is 0.632. The number of rotatable bonds is 5. The SMILES string of the molecule is CN=C(NCc1ccc2c(c1)OCO2)NCC(C)N1CCCC(C)C1. The number of piperidine rings is 1. The average Bonchev–Trinajstić information content (AvgIpc) is 3.09. The molecule has 0 spiro atoms. The molecule has 25 heavy (non-hydrogen) atoms. The van der Waals surface area contributed by atoms with E-state index in [1.807, 2.05) is 25.2 Å². The molecule has 2 unspecified atom stereocenters. The Hall–Kier alpha value is -1.95. The van der Waals surface area contributed by atoms with E-state index in [0.717, 1.165) is 35.5 Å². The van der Waals surface area contributed by atoms with Crippen molar-refractivity contribution < 1.29 is 9.47 Å². The summed E-state index contributed by atoms with van der Waals surface area (Å²) in [6, 6.07) is 6.52. The van der Waals surface area contributed by atoms with Gasteiger partial charge in [-0.1, -0.05) is 13.0 Å². The third kappa shape index (κ3) is 4.78. The fourth-order valence-corrected chi connectivity index (χ4v) is 3.46. The number of hydrogen-bond donors (Lipinski definition) is 2. The molecule has 6 nitrogen and oxygen atoms in total. The highest BCUT2D eigenvalue weighted by Gasteiger charge is 2.21. The lowest BCUT2D eigenvalue weighted by atomic mass is 9.99. The third-order valence-corrected chi connectivity index (χ3v) is 5.00. The molecular weight excluding hydrogens is 316 g/mol. The van der Waals surface area contributed by atoms with Gasteiger partial charge in [0.2, 0.25) is 6.79 Å². The third-order valence-electron chi connectivity index (χ3n) is 5.00. The second kappa shape index (κ2) is 8.43. The van der Waals surface area contributed by atoms with Crippen molar-refractivity contribution in [3.05, 3.63) is 23.8 Å². The highest BCUT2D eigenvalue weighted by molar-refractivity contribution is 5.79. The molecule has 1 aromatic carbocycles. The van der Waals surface area contributed by atoms with Crippen LogP contribution in [-0.2, 0) is 6.54 Å². The molecule has 2 N–H and O–H groups in total. The number of nitrogens with zero attached hydrogens (tertiary/aromatic N) is 2. The first kappa shape index (κ1) is 17.9. The van der Waals surface area contributed by atoms with E-state index >= 15 is 0 Å². The van der Waals surface area contributed by atoms with Gasteiger partial charge in [-0.2, -0.15) is 0 Å². The first-order valence-corrected chi connectivity index (χ1v) is 9.23. The van der Waals surface area contributed by atoms with Crippen LogP contribution in [0.3, 0.4) is 0 Å². The molecule has 2 heterocycles. The summed E-state index contributed by atoms with van der Waals surface area (Å²) in [6.07, 6.45) is 2.66. The van der Waals surface area contributed by atoms with Crippen LogP contribution in [0.4, 0.5) is 0 Å². The largest absolute Gasteiger partial charge is 0.454 e. The first-order valence-electron chi connectivity index (χ1n) is 9.23. The van der Waals surface area contributed by atoms with Gasteiger partial charge in [-0.3, -0.25) is 9.89 Å². The zero-order valence-electron chi connectivity index (χ0n) is 15.5. The Labute approximate surface area is 150 Å². The Morgan fingerprint density at radius 2 is 2.16 bits per heavy atom. The number of hydrogen-bond acceptors (Lipinski definition) is 4. The lowest BCUT2D eigenvalue weighted by Crippen LogP contribution is -2.48. The number of ether oxygens (including phenoxy) is 2. The van der Waals surface area contributed by atoms with E-state index in [2.05, 4.69) is 34.4 Å². The van der Waals surface area contributed by atoms with Gasteiger partial charge in [-0.15, -0.1) is 0 Å². The molecule has 1 aromatic rings. The van der Waals surface area contributed by atoms with Crippen molar-refractivity contribution in [1.82, 2.24) is 15.5 Å². The highest BCUT2D eigenvalue weighted by atomic mass is 16.7. The smallest absolute Gasteiger partial charge is 0.231 e. The van der Waals surface area contributed by atoms with Crippen LogP contribution in [-0.4, -0.2) is 50.4 Å². The Bertz CT molecular complexity index is 605. The van der Waals surface area contributed by atoms with E-state index in [1.165, 1.54) is 25.9 Å². The predicted octanol–water partition coefficient (Wildman–Crippen LogP) is 2.20. The van der Waals surface area contributed by atoms with Gasteiger partial charge in [0.15, 0.2) is 17.5 Å². The Morgan fingerprint density at radius 3 is 2.96 bits per heavy atom. The van der Waals surface area contributed by atoms with E-state index in [4.69, 9.17) is 9.47 Å². The molecule has 0 saturated carbocycles. The molecular formula is C19H30N4O2. The molecule has 1 saturated heterocycles. The van der Waals surface area contributed by atoms with Gasteiger partial charge < -0.3 is 20.1 Å². The number of benzene rings is 1. The number of guanidine groups is 1. The van der Waals surface area contributed by atoms with Crippen molar-refractivity contribution in [1.29, 1.82) is 0 Å². The van der Waals surface area contributed by atoms with Crippen LogP contribution >= 0.6 is 0 Å². The number of nitrogens with one attached hydrogen (secondary N) is 2. The van der Waals surface area contributed by atoms with Crippen LogP contribution < -0.4 is 20.1 Å². The van der Waals surface area contributed by atoms with E-state index in [0.29, 0.717) is 19.4 Å². The van der Waals surface area contributed by atoms with Gasteiger partial charge in [0.05, 0.1) is 0 Å². The second-order valence-corrected chi connectivity index (χ2v) is 7.09. The van der Waals surface area contributed by atoms with Crippen molar-refractivity contribution >= 4 is 5.96 Å². The van der Waals surface area contributed by atoms with Crippen molar-refractivity contribution in [2.75, 3.05) is 33.5 Å². The summed E-state index contributed by atoms with van der Waals surface area (Å²) in [5, 5.41) is 6.81. The van der Waals surface area contributed by atoms with Gasteiger partial charge in [-0.25, -0.2) is 0 Å². The molecule has 138 valence electrons. The summed E-state index contributed by atoms with van der Waals surface area (Å²) in [7, 11) is 1.81. The maximum absolute atomic E-state index is 5.43. The summed E-state index contributed by atoms with van der Waals surface area (Å²) >= 11 is 0. The minimum Gasteiger partial charge on any atom is -0.454 e. The molecule has 0 aliphatic carbocycles. The number of fused-ring (bicyclic) bond motifs is 1. The van der Waals surface area contributed by atoms with Gasteiger partial charge in [0.25, 0.3) is 0 Å². The Morgan fingerprint density at radius 1 is 1.32 bits per heavy atom. The maximum atomic E-state index is 5.43. The lowest BCUT2D eigenvalue weighted by molar-refractivity contribution is 0.139. The molecule has 0 amide bonds. The van der Waals surface area contributed by atoms with E-state index < -0.39 is 0 Å². The van der Waals surface area contributed by atoms with E-state index in [9.17, 15) is 0 Å². The van der Waals surface area contributed by atoms with Crippen molar-refractivity contribution in [3.8, 4) is 11.5 Å². The van der Waals surface area contributed by atoms with Crippen LogP contribution in [0.1, 0.15) is 32.3 Å². The molecule has 2 atom stereocenters. The van der Waals surface area contributed by atoms with Crippen LogP contribution in [0.2, 0.25) is 0 Å². The van der Waals surface area contributed by atoms with Crippen molar-refractivity contribution in [2.24, 2.45) is 10.9 Å². The molecule has 2 aliphatic rings. The van der Waals surface area contributed by atoms with Crippen LogP contribution in [0, 0.1) is 5.92 Å². The molecule has 2 aliphatic heterocycles. The maximum Gasteiger partial charge on any atom is 0.231 e. The summed E-state index contributed by atoms with van der Waals surface area (Å²) in [5.41, 5.74) is 1.14. The summed E-state index contributed by atoms with van der Waals surface area (Å²) in [4.78, 5) is 6.90. The first-order chi connectivity index (χ1) is 12.2. The molecule has 0 radical (unpaired) electrons. The summed E-state index contributed by atoms with van der Waals surface area (Å²) in [6.45, 7) is 8.94. The van der Waals surface area contributed by atoms with Crippen molar-refractivity contribution in [3.63, 3.8) is 0 Å². The van der Waals surface area contributed by atoms with Crippen molar-refractivity contribution in [2.45, 2.75) is 39.3 Å². The highest BCUT2D eigenvalue weighted by Crippen LogP contribution is 2.32.